The van der Waals surface area contributed by atoms with Crippen molar-refractivity contribution in [1.82, 2.24) is 4.72 Å². The normalized spacial score (nSPS) is 11.2. The molecule has 0 spiro atoms. The Morgan fingerprint density at radius 1 is 1.08 bits per heavy atom. The van der Waals surface area contributed by atoms with Gasteiger partial charge in [-0.3, -0.25) is 9.59 Å². The van der Waals surface area contributed by atoms with Gasteiger partial charge < -0.3 is 4.74 Å². The fourth-order valence-corrected chi connectivity index (χ4v) is 3.57. The average Bonchev–Trinajstić information content (AvgIpc) is 2.98. The highest BCUT2D eigenvalue weighted by Crippen LogP contribution is 2.15. The molecular formula is C16H17NO5S2. The van der Waals surface area contributed by atoms with Gasteiger partial charge in [-0.1, -0.05) is 17.7 Å². The Morgan fingerprint density at radius 3 is 2.33 bits per heavy atom. The molecular weight excluding hydrogens is 350 g/mol. The molecule has 0 unspecified atom stereocenters. The number of hydrogen-bond donors (Lipinski definition) is 1. The zero-order chi connectivity index (χ0) is 17.7. The molecule has 0 saturated carbocycles. The molecule has 0 atom stereocenters. The number of aryl methyl sites for hydroxylation is 2. The topological polar surface area (TPSA) is 89.5 Å². The molecule has 0 aliphatic rings. The van der Waals surface area contributed by atoms with E-state index in [0.29, 0.717) is 4.88 Å². The van der Waals surface area contributed by atoms with Gasteiger partial charge in [0, 0.05) is 4.88 Å². The lowest BCUT2D eigenvalue weighted by Crippen LogP contribution is -2.31. The number of sulfonamides is 1. The van der Waals surface area contributed by atoms with E-state index in [4.69, 9.17) is 4.74 Å². The first-order chi connectivity index (χ1) is 11.3. The largest absolute Gasteiger partial charge is 0.456 e. The SMILES string of the molecule is Cc1ccc(S(=O)(=O)NCC(=O)OCC(=O)c2ccc(C)s2)cc1. The highest BCUT2D eigenvalue weighted by molar-refractivity contribution is 7.89. The summed E-state index contributed by atoms with van der Waals surface area (Å²) in [6, 6.07) is 9.69. The van der Waals surface area contributed by atoms with E-state index in [0.717, 1.165) is 10.4 Å². The number of carbonyl (C=O) groups excluding carboxylic acids is 2. The van der Waals surface area contributed by atoms with Crippen LogP contribution in [0.5, 0.6) is 0 Å². The molecule has 0 saturated heterocycles. The zero-order valence-electron chi connectivity index (χ0n) is 13.2. The van der Waals surface area contributed by atoms with Crippen LogP contribution in [-0.2, 0) is 19.6 Å². The van der Waals surface area contributed by atoms with Gasteiger partial charge in [0.1, 0.15) is 6.54 Å². The molecule has 6 nitrogen and oxygen atoms in total. The van der Waals surface area contributed by atoms with Crippen LogP contribution in [0.3, 0.4) is 0 Å². The third kappa shape index (κ3) is 4.98. The highest BCUT2D eigenvalue weighted by Gasteiger charge is 2.17. The van der Waals surface area contributed by atoms with Gasteiger partial charge in [-0.05, 0) is 38.1 Å². The lowest BCUT2D eigenvalue weighted by Gasteiger charge is -2.07. The number of rotatable bonds is 7. The summed E-state index contributed by atoms with van der Waals surface area (Å²) >= 11 is 1.31. The smallest absolute Gasteiger partial charge is 0.321 e. The lowest BCUT2D eigenvalue weighted by molar-refractivity contribution is -0.141. The monoisotopic (exact) mass is 367 g/mol. The third-order valence-corrected chi connectivity index (χ3v) is 5.58. The van der Waals surface area contributed by atoms with Crippen LogP contribution in [0.15, 0.2) is 41.3 Å². The number of ether oxygens (including phenoxy) is 1. The van der Waals surface area contributed by atoms with Crippen LogP contribution in [-0.4, -0.2) is 33.3 Å². The Morgan fingerprint density at radius 2 is 1.75 bits per heavy atom. The molecule has 0 aliphatic heterocycles. The van der Waals surface area contributed by atoms with Crippen molar-refractivity contribution >= 4 is 33.1 Å². The minimum atomic E-state index is -3.79. The predicted octanol–water partition coefficient (Wildman–Crippen LogP) is 2.07. The molecule has 0 bridgehead atoms. The number of Topliss-reactive ketones (excluding diaryl/α,β-unsaturated/α-hetero) is 1. The van der Waals surface area contributed by atoms with E-state index >= 15 is 0 Å². The van der Waals surface area contributed by atoms with Crippen molar-refractivity contribution in [2.45, 2.75) is 18.7 Å². The molecule has 0 aliphatic carbocycles. The second-order valence-corrected chi connectivity index (χ2v) is 8.19. The predicted molar refractivity (Wildman–Crippen MR) is 90.7 cm³/mol. The molecule has 1 heterocycles. The first kappa shape index (κ1) is 18.3. The standard InChI is InChI=1S/C16H17NO5S2/c1-11-3-6-13(7-4-11)24(20,21)17-9-16(19)22-10-14(18)15-8-5-12(2)23-15/h3-8,17H,9-10H2,1-2H3. The quantitative estimate of drug-likeness (QED) is 0.598. The summed E-state index contributed by atoms with van der Waals surface area (Å²) in [5, 5.41) is 0. The van der Waals surface area contributed by atoms with Gasteiger partial charge in [0.2, 0.25) is 15.8 Å². The second kappa shape index (κ2) is 7.69. The van der Waals surface area contributed by atoms with Gasteiger partial charge in [-0.25, -0.2) is 8.42 Å². The molecule has 1 aromatic carbocycles. The number of hydrogen-bond acceptors (Lipinski definition) is 6. The molecule has 24 heavy (non-hydrogen) atoms. The first-order valence-electron chi connectivity index (χ1n) is 7.09. The first-order valence-corrected chi connectivity index (χ1v) is 9.39. The van der Waals surface area contributed by atoms with E-state index in [9.17, 15) is 18.0 Å². The molecule has 2 aromatic rings. The van der Waals surface area contributed by atoms with Crippen LogP contribution >= 0.6 is 11.3 Å². The van der Waals surface area contributed by atoms with E-state index < -0.39 is 29.1 Å². The maximum absolute atomic E-state index is 12.0. The summed E-state index contributed by atoms with van der Waals surface area (Å²) < 4.78 is 31.0. The number of esters is 1. The van der Waals surface area contributed by atoms with Crippen LogP contribution in [0, 0.1) is 13.8 Å². The number of ketones is 1. The van der Waals surface area contributed by atoms with Crippen LogP contribution in [0.1, 0.15) is 20.1 Å². The van der Waals surface area contributed by atoms with Crippen molar-refractivity contribution in [2.24, 2.45) is 0 Å². The summed E-state index contributed by atoms with van der Waals surface area (Å²) in [6.45, 7) is 2.76. The van der Waals surface area contributed by atoms with Crippen molar-refractivity contribution < 1.29 is 22.7 Å². The summed E-state index contributed by atoms with van der Waals surface area (Å²) in [4.78, 5) is 25.0. The van der Waals surface area contributed by atoms with E-state index in [1.165, 1.54) is 23.5 Å². The summed E-state index contributed by atoms with van der Waals surface area (Å²) in [5.74, 6) is -1.13. The molecule has 0 radical (unpaired) electrons. The molecule has 1 aromatic heterocycles. The molecule has 8 heteroatoms. The Labute approximate surface area is 144 Å². The number of thiophene rings is 1. The van der Waals surface area contributed by atoms with E-state index in [1.54, 1.807) is 24.3 Å². The minimum Gasteiger partial charge on any atom is -0.456 e. The van der Waals surface area contributed by atoms with Crippen molar-refractivity contribution in [2.75, 3.05) is 13.2 Å². The summed E-state index contributed by atoms with van der Waals surface area (Å²) in [5.41, 5.74) is 0.927. The van der Waals surface area contributed by atoms with Crippen LogP contribution in [0.2, 0.25) is 0 Å². The summed E-state index contributed by atoms with van der Waals surface area (Å²) in [7, 11) is -3.79. The second-order valence-electron chi connectivity index (χ2n) is 5.13. The van der Waals surface area contributed by atoms with Crippen LogP contribution in [0.4, 0.5) is 0 Å². The Balaban J connectivity index is 1.84. The molecule has 2 rings (SSSR count). The highest BCUT2D eigenvalue weighted by atomic mass is 32.2. The van der Waals surface area contributed by atoms with Crippen molar-refractivity contribution in [3.63, 3.8) is 0 Å². The molecule has 1 N–H and O–H groups in total. The van der Waals surface area contributed by atoms with Crippen molar-refractivity contribution in [1.29, 1.82) is 0 Å². The Bertz CT molecular complexity index is 838. The molecule has 0 amide bonds. The van der Waals surface area contributed by atoms with Gasteiger partial charge in [0.15, 0.2) is 6.61 Å². The van der Waals surface area contributed by atoms with Crippen LogP contribution < -0.4 is 4.72 Å². The van der Waals surface area contributed by atoms with Crippen LogP contribution in [0.25, 0.3) is 0 Å². The zero-order valence-corrected chi connectivity index (χ0v) is 14.9. The average molecular weight is 367 g/mol. The molecule has 128 valence electrons. The van der Waals surface area contributed by atoms with Crippen molar-refractivity contribution in [3.8, 4) is 0 Å². The van der Waals surface area contributed by atoms with Gasteiger partial charge in [-0.15, -0.1) is 11.3 Å². The van der Waals surface area contributed by atoms with Gasteiger partial charge in [-0.2, -0.15) is 4.72 Å². The maximum atomic E-state index is 12.0. The Hall–Kier alpha value is -2.03. The van der Waals surface area contributed by atoms with Gasteiger partial charge in [0.05, 0.1) is 9.77 Å². The van der Waals surface area contributed by atoms with E-state index in [-0.39, 0.29) is 10.7 Å². The third-order valence-electron chi connectivity index (χ3n) is 3.12. The maximum Gasteiger partial charge on any atom is 0.321 e. The minimum absolute atomic E-state index is 0.0611. The van der Waals surface area contributed by atoms with Gasteiger partial charge in [0.25, 0.3) is 0 Å². The Kier molecular flexibility index (Phi) is 5.87. The fourth-order valence-electron chi connectivity index (χ4n) is 1.81. The van der Waals surface area contributed by atoms with E-state index in [2.05, 4.69) is 4.72 Å². The van der Waals surface area contributed by atoms with Gasteiger partial charge >= 0.3 is 5.97 Å². The van der Waals surface area contributed by atoms with Crippen molar-refractivity contribution in [3.05, 3.63) is 51.7 Å². The summed E-state index contributed by atoms with van der Waals surface area (Å²) in [6.07, 6.45) is 0. The lowest BCUT2D eigenvalue weighted by atomic mass is 10.2. The number of benzene rings is 1. The number of nitrogens with one attached hydrogen (secondary N) is 1. The van der Waals surface area contributed by atoms with E-state index in [1.807, 2.05) is 13.8 Å². The fraction of sp³-hybridized carbons (Fsp3) is 0.250. The molecule has 0 fully saturated rings. The number of carbonyl (C=O) groups is 2.